The third kappa shape index (κ3) is 3.74. The number of halogens is 3. The predicted molar refractivity (Wildman–Crippen MR) is 97.6 cm³/mol. The fourth-order valence-electron chi connectivity index (χ4n) is 3.42. The lowest BCUT2D eigenvalue weighted by Crippen LogP contribution is -2.56. The molecule has 0 aromatic heterocycles. The number of rotatable bonds is 4. The van der Waals surface area contributed by atoms with Crippen molar-refractivity contribution < 1.29 is 18.7 Å². The summed E-state index contributed by atoms with van der Waals surface area (Å²) in [6, 6.07) is 15.5. The third-order valence-corrected chi connectivity index (χ3v) is 5.31. The summed E-state index contributed by atoms with van der Waals surface area (Å²) in [4.78, 5) is 12.1. The van der Waals surface area contributed by atoms with E-state index in [1.165, 1.54) is 24.3 Å². The Morgan fingerprint density at radius 3 is 2.23 bits per heavy atom. The van der Waals surface area contributed by atoms with Gasteiger partial charge in [0.25, 0.3) is 5.91 Å². The van der Waals surface area contributed by atoms with Crippen molar-refractivity contribution in [1.29, 1.82) is 0 Å². The van der Waals surface area contributed by atoms with Crippen molar-refractivity contribution in [2.75, 3.05) is 5.32 Å². The van der Waals surface area contributed by atoms with Crippen LogP contribution in [0, 0.1) is 0 Å². The first-order valence-corrected chi connectivity index (χ1v) is 8.92. The van der Waals surface area contributed by atoms with Crippen LogP contribution in [-0.2, 0) is 4.79 Å². The van der Waals surface area contributed by atoms with Gasteiger partial charge in [-0.15, -0.1) is 0 Å². The van der Waals surface area contributed by atoms with Crippen molar-refractivity contribution in [3.63, 3.8) is 0 Å². The molecule has 1 aliphatic carbocycles. The highest BCUT2D eigenvalue weighted by molar-refractivity contribution is 6.30. The molecule has 0 bridgehead atoms. The number of benzene rings is 2. The van der Waals surface area contributed by atoms with E-state index in [4.69, 9.17) is 11.6 Å². The molecule has 2 aromatic rings. The molecular weight excluding hydrogens is 360 g/mol. The fourth-order valence-corrected chi connectivity index (χ4v) is 3.55. The zero-order valence-electron chi connectivity index (χ0n) is 14.1. The lowest BCUT2D eigenvalue weighted by atomic mass is 9.73. The molecule has 0 unspecified atom stereocenters. The molecule has 1 fully saturated rings. The van der Waals surface area contributed by atoms with Crippen LogP contribution in [-0.4, -0.2) is 22.5 Å². The lowest BCUT2D eigenvalue weighted by molar-refractivity contribution is -0.197. The minimum absolute atomic E-state index is 0.117. The molecule has 0 aliphatic heterocycles. The van der Waals surface area contributed by atoms with Crippen LogP contribution < -0.4 is 5.32 Å². The van der Waals surface area contributed by atoms with Crippen molar-refractivity contribution in [3.8, 4) is 0 Å². The van der Waals surface area contributed by atoms with Crippen LogP contribution in [0.25, 0.3) is 0 Å². The quantitative estimate of drug-likeness (QED) is 0.785. The first kappa shape index (κ1) is 18.8. The molecule has 1 saturated carbocycles. The Hall–Kier alpha value is -1.98. The monoisotopic (exact) mass is 379 g/mol. The number of aliphatic hydroxyl groups is 1. The average Bonchev–Trinajstić information content (AvgIpc) is 2.65. The molecule has 6 heteroatoms. The first-order chi connectivity index (χ1) is 12.3. The second-order valence-electron chi connectivity index (χ2n) is 6.75. The van der Waals surface area contributed by atoms with Gasteiger partial charge in [0.15, 0.2) is 0 Å². The van der Waals surface area contributed by atoms with Crippen LogP contribution in [0.2, 0.25) is 5.02 Å². The normalized spacial score (nSPS) is 23.5. The molecule has 0 radical (unpaired) electrons. The summed E-state index contributed by atoms with van der Waals surface area (Å²) in [5.41, 5.74) is -1.06. The van der Waals surface area contributed by atoms with Gasteiger partial charge in [0, 0.05) is 10.7 Å². The maximum atomic E-state index is 14.7. The molecule has 26 heavy (non-hydrogen) atoms. The highest BCUT2D eigenvalue weighted by Crippen LogP contribution is 2.45. The number of hydrogen-bond donors (Lipinski definition) is 2. The summed E-state index contributed by atoms with van der Waals surface area (Å²) >= 11 is 5.75. The Morgan fingerprint density at radius 2 is 1.65 bits per heavy atom. The van der Waals surface area contributed by atoms with Crippen LogP contribution in [0.3, 0.4) is 0 Å². The third-order valence-electron chi connectivity index (χ3n) is 5.06. The molecule has 0 spiro atoms. The van der Waals surface area contributed by atoms with Crippen LogP contribution in [0.4, 0.5) is 14.5 Å². The van der Waals surface area contributed by atoms with Crippen molar-refractivity contribution in [1.82, 2.24) is 0 Å². The molecule has 0 atom stereocenters. The highest BCUT2D eigenvalue weighted by Gasteiger charge is 2.59. The van der Waals surface area contributed by atoms with Crippen LogP contribution in [0.5, 0.6) is 0 Å². The standard InChI is InChI=1S/C20H20ClF2NO2/c21-16-6-8-17(9-7-16)24-18(25)20(22,23)19(26)12-10-15(11-13-19)14-4-2-1-3-5-14/h1-9,15,26H,10-13H2,(H,24,25)/t15-,19-. The van der Waals surface area contributed by atoms with Gasteiger partial charge in [0.05, 0.1) is 0 Å². The maximum absolute atomic E-state index is 14.7. The van der Waals surface area contributed by atoms with Gasteiger partial charge >= 0.3 is 5.92 Å². The molecule has 0 saturated heterocycles. The van der Waals surface area contributed by atoms with E-state index in [9.17, 15) is 18.7 Å². The molecule has 3 rings (SSSR count). The minimum atomic E-state index is -3.88. The molecular formula is C20H20ClF2NO2. The Bertz CT molecular complexity index is 757. The molecule has 3 nitrogen and oxygen atoms in total. The van der Waals surface area contributed by atoms with Crippen molar-refractivity contribution in [3.05, 3.63) is 65.2 Å². The van der Waals surface area contributed by atoms with E-state index in [1.807, 2.05) is 30.3 Å². The number of amides is 1. The summed E-state index contributed by atoms with van der Waals surface area (Å²) in [5.74, 6) is -5.26. The number of carbonyl (C=O) groups is 1. The van der Waals surface area contributed by atoms with E-state index in [1.54, 1.807) is 0 Å². The summed E-state index contributed by atoms with van der Waals surface area (Å²) in [5, 5.41) is 13.1. The fraction of sp³-hybridized carbons (Fsp3) is 0.350. The molecule has 138 valence electrons. The average molecular weight is 380 g/mol. The van der Waals surface area contributed by atoms with E-state index in [0.717, 1.165) is 5.56 Å². The summed E-state index contributed by atoms with van der Waals surface area (Å²) in [6.07, 6.45) is 0.551. The number of anilines is 1. The number of carbonyl (C=O) groups excluding carboxylic acids is 1. The maximum Gasteiger partial charge on any atom is 0.352 e. The smallest absolute Gasteiger partial charge is 0.352 e. The van der Waals surface area contributed by atoms with Gasteiger partial charge in [-0.25, -0.2) is 0 Å². The minimum Gasteiger partial charge on any atom is -0.383 e. The highest BCUT2D eigenvalue weighted by atomic mass is 35.5. The Kier molecular flexibility index (Phi) is 5.30. The van der Waals surface area contributed by atoms with Crippen molar-refractivity contribution >= 4 is 23.2 Å². The number of hydrogen-bond acceptors (Lipinski definition) is 2. The predicted octanol–water partition coefficient (Wildman–Crippen LogP) is 5.00. The Balaban J connectivity index is 1.68. The van der Waals surface area contributed by atoms with Gasteiger partial charge in [0.2, 0.25) is 0 Å². The number of nitrogens with one attached hydrogen (secondary N) is 1. The zero-order chi connectivity index (χ0) is 18.8. The van der Waals surface area contributed by atoms with E-state index >= 15 is 0 Å². The SMILES string of the molecule is O=C(Nc1ccc(Cl)cc1)C(F)(F)[C@]1(O)CC[C@H](c2ccccc2)CC1. The Morgan fingerprint density at radius 1 is 1.08 bits per heavy atom. The second kappa shape index (κ2) is 7.33. The Labute approximate surface area is 156 Å². The van der Waals surface area contributed by atoms with Crippen LogP contribution in [0.1, 0.15) is 37.2 Å². The number of alkyl halides is 2. The summed E-state index contributed by atoms with van der Waals surface area (Å²) in [6.45, 7) is 0. The van der Waals surface area contributed by atoms with Gasteiger partial charge in [0.1, 0.15) is 5.60 Å². The lowest BCUT2D eigenvalue weighted by Gasteiger charge is -2.40. The first-order valence-electron chi connectivity index (χ1n) is 8.54. The second-order valence-corrected chi connectivity index (χ2v) is 7.19. The largest absolute Gasteiger partial charge is 0.383 e. The summed E-state index contributed by atoms with van der Waals surface area (Å²) < 4.78 is 29.4. The van der Waals surface area contributed by atoms with Crippen LogP contribution >= 0.6 is 11.6 Å². The topological polar surface area (TPSA) is 49.3 Å². The van der Waals surface area contributed by atoms with E-state index in [0.29, 0.717) is 17.9 Å². The van der Waals surface area contributed by atoms with Gasteiger partial charge in [-0.05, 0) is 61.4 Å². The zero-order valence-corrected chi connectivity index (χ0v) is 14.8. The van der Waals surface area contributed by atoms with E-state index < -0.39 is 17.4 Å². The van der Waals surface area contributed by atoms with Crippen molar-refractivity contribution in [2.45, 2.75) is 43.1 Å². The van der Waals surface area contributed by atoms with Crippen molar-refractivity contribution in [2.24, 2.45) is 0 Å². The molecule has 2 aromatic carbocycles. The van der Waals surface area contributed by atoms with Gasteiger partial charge in [-0.3, -0.25) is 4.79 Å². The van der Waals surface area contributed by atoms with Crippen LogP contribution in [0.15, 0.2) is 54.6 Å². The molecule has 1 amide bonds. The summed E-state index contributed by atoms with van der Waals surface area (Å²) in [7, 11) is 0. The molecule has 2 N–H and O–H groups in total. The van der Waals surface area contributed by atoms with E-state index in [2.05, 4.69) is 5.32 Å². The molecule has 1 aliphatic rings. The van der Waals surface area contributed by atoms with E-state index in [-0.39, 0.29) is 24.4 Å². The van der Waals surface area contributed by atoms with Gasteiger partial charge in [-0.1, -0.05) is 41.9 Å². The van der Waals surface area contributed by atoms with Gasteiger partial charge < -0.3 is 10.4 Å². The van der Waals surface area contributed by atoms with Gasteiger partial charge in [-0.2, -0.15) is 8.78 Å². The molecule has 0 heterocycles.